The number of carbonyl (C=O) groups excluding carboxylic acids is 2. The summed E-state index contributed by atoms with van der Waals surface area (Å²) in [6.45, 7) is 0. The number of amides is 1. The molecule has 1 saturated heterocycles. The van der Waals surface area contributed by atoms with Gasteiger partial charge in [-0.05, 0) is 83.1 Å². The molecule has 6 rings (SSSR count). The summed E-state index contributed by atoms with van der Waals surface area (Å²) in [4.78, 5) is 32.5. The molecule has 198 valence electrons. The van der Waals surface area contributed by atoms with Crippen LogP contribution in [-0.4, -0.2) is 21.9 Å². The second-order valence-electron chi connectivity index (χ2n) is 9.68. The second-order valence-corrected chi connectivity index (χ2v) is 12.0. The topological polar surface area (TPSA) is 68.3 Å². The maximum absolute atomic E-state index is 13.8. The first-order valence-electron chi connectivity index (χ1n) is 12.6. The predicted molar refractivity (Wildman–Crippen MR) is 151 cm³/mol. The first-order valence-corrected chi connectivity index (χ1v) is 14.8. The molecule has 1 aliphatic heterocycles. The van der Waals surface area contributed by atoms with Crippen molar-refractivity contribution in [2.24, 2.45) is 0 Å². The number of thioether (sulfide) groups is 1. The molecule has 1 aliphatic carbocycles. The second kappa shape index (κ2) is 10.8. The third-order valence-corrected chi connectivity index (χ3v) is 9.64. The molecule has 2 aliphatic rings. The van der Waals surface area contributed by atoms with Gasteiger partial charge < -0.3 is 10.1 Å². The normalized spacial score (nSPS) is 22.7. The smallest absolute Gasteiger partial charge is 0.242 e. The number of rotatable bonds is 6. The van der Waals surface area contributed by atoms with Crippen molar-refractivity contribution in [2.75, 3.05) is 0 Å². The van der Waals surface area contributed by atoms with Crippen LogP contribution in [0.1, 0.15) is 47.8 Å². The van der Waals surface area contributed by atoms with E-state index >= 15 is 0 Å². The van der Waals surface area contributed by atoms with E-state index in [-0.39, 0.29) is 24.1 Å². The molecule has 2 aromatic carbocycles. The maximum Gasteiger partial charge on any atom is 0.242 e. The van der Waals surface area contributed by atoms with Gasteiger partial charge in [0.05, 0.1) is 10.7 Å². The number of carbonyl (C=O) groups is 2. The molecular formula is C30H24ClFN2O3S2. The first kappa shape index (κ1) is 26.0. The molecule has 0 bridgehead atoms. The van der Waals surface area contributed by atoms with E-state index in [2.05, 4.69) is 5.32 Å². The summed E-state index contributed by atoms with van der Waals surface area (Å²) in [7, 11) is 0. The number of aryl methyl sites for hydroxylation is 1. The monoisotopic (exact) mass is 578 g/mol. The summed E-state index contributed by atoms with van der Waals surface area (Å²) in [5, 5.41) is 6.56. The highest BCUT2D eigenvalue weighted by Crippen LogP contribution is 2.42. The Labute approximate surface area is 238 Å². The molecule has 3 unspecified atom stereocenters. The van der Waals surface area contributed by atoms with Crippen LogP contribution in [0.5, 0.6) is 5.88 Å². The minimum absolute atomic E-state index is 0.0413. The number of benzene rings is 2. The Balaban J connectivity index is 1.31. The standard InChI is InChI=1S/C30H24ClFN2O3S2/c31-22-6-1-2-8-25(22)39-28-23(35)16-30(34-29(28)36,19-13-14-38-17-19)26-9-4-10-27(33-26)37-24-7-3-5-18-15-20(32)11-12-21(18)24/h1-2,4,6,8-15,17,24,28H,3,5,7,16H2,(H,34,36). The Bertz CT molecular complexity index is 1530. The van der Waals surface area contributed by atoms with E-state index in [9.17, 15) is 14.0 Å². The molecule has 0 radical (unpaired) electrons. The average molecular weight is 579 g/mol. The molecule has 3 heterocycles. The zero-order chi connectivity index (χ0) is 27.0. The van der Waals surface area contributed by atoms with Crippen LogP contribution in [-0.2, 0) is 21.5 Å². The number of halogens is 2. The fourth-order valence-electron chi connectivity index (χ4n) is 5.32. The molecule has 5 nitrogen and oxygen atoms in total. The molecule has 0 spiro atoms. The largest absolute Gasteiger partial charge is 0.469 e. The minimum atomic E-state index is -1.13. The number of nitrogens with one attached hydrogen (secondary N) is 1. The van der Waals surface area contributed by atoms with Crippen LogP contribution in [0.25, 0.3) is 0 Å². The summed E-state index contributed by atoms with van der Waals surface area (Å²) in [6, 6.07) is 19.3. The predicted octanol–water partition coefficient (Wildman–Crippen LogP) is 6.89. The molecule has 1 fully saturated rings. The molecule has 0 saturated carbocycles. The summed E-state index contributed by atoms with van der Waals surface area (Å²) >= 11 is 8.95. The van der Waals surface area contributed by atoms with E-state index in [1.54, 1.807) is 30.3 Å². The van der Waals surface area contributed by atoms with Crippen molar-refractivity contribution >= 4 is 46.4 Å². The molecule has 2 aromatic heterocycles. The SMILES string of the molecule is O=C1CC(c2ccsc2)(c2cccc(OC3CCCc4cc(F)ccc43)n2)NC(=O)C1Sc1ccccc1Cl. The summed E-state index contributed by atoms with van der Waals surface area (Å²) in [6.07, 6.45) is 2.27. The Morgan fingerprint density at radius 3 is 2.77 bits per heavy atom. The number of aromatic nitrogens is 1. The Morgan fingerprint density at radius 1 is 1.10 bits per heavy atom. The van der Waals surface area contributed by atoms with Crippen molar-refractivity contribution < 1.29 is 18.7 Å². The number of ether oxygens (including phenoxy) is 1. The van der Waals surface area contributed by atoms with Gasteiger partial charge in [0.1, 0.15) is 22.7 Å². The van der Waals surface area contributed by atoms with Gasteiger partial charge in [0.2, 0.25) is 11.8 Å². The zero-order valence-electron chi connectivity index (χ0n) is 20.7. The number of ketones is 1. The van der Waals surface area contributed by atoms with Crippen LogP contribution in [0.3, 0.4) is 0 Å². The van der Waals surface area contributed by atoms with Crippen LogP contribution in [0, 0.1) is 5.82 Å². The van der Waals surface area contributed by atoms with Gasteiger partial charge in [-0.1, -0.05) is 35.9 Å². The van der Waals surface area contributed by atoms with E-state index in [0.717, 1.165) is 47.7 Å². The highest BCUT2D eigenvalue weighted by Gasteiger charge is 2.48. The fraction of sp³-hybridized carbons (Fsp3) is 0.233. The van der Waals surface area contributed by atoms with Gasteiger partial charge in [0, 0.05) is 17.4 Å². The third-order valence-electron chi connectivity index (χ3n) is 7.19. The molecule has 1 N–H and O–H groups in total. The zero-order valence-corrected chi connectivity index (χ0v) is 23.1. The van der Waals surface area contributed by atoms with Crippen molar-refractivity contribution in [3.63, 3.8) is 0 Å². The van der Waals surface area contributed by atoms with Crippen molar-refractivity contribution in [3.8, 4) is 5.88 Å². The van der Waals surface area contributed by atoms with E-state index in [0.29, 0.717) is 21.5 Å². The van der Waals surface area contributed by atoms with Crippen LogP contribution < -0.4 is 10.1 Å². The molecule has 3 atom stereocenters. The van der Waals surface area contributed by atoms with Crippen LogP contribution in [0.15, 0.2) is 82.4 Å². The Kier molecular flexibility index (Phi) is 7.18. The van der Waals surface area contributed by atoms with Gasteiger partial charge in [-0.2, -0.15) is 11.3 Å². The average Bonchev–Trinajstić information content (AvgIpc) is 3.48. The quantitative estimate of drug-likeness (QED) is 0.252. The van der Waals surface area contributed by atoms with Gasteiger partial charge in [0.15, 0.2) is 5.78 Å². The van der Waals surface area contributed by atoms with Crippen LogP contribution in [0.4, 0.5) is 4.39 Å². The highest BCUT2D eigenvalue weighted by molar-refractivity contribution is 8.01. The van der Waals surface area contributed by atoms with Crippen molar-refractivity contribution in [3.05, 3.63) is 111 Å². The number of piperidine rings is 1. The fourth-order valence-corrected chi connectivity index (χ4v) is 7.29. The van der Waals surface area contributed by atoms with Gasteiger partial charge in [-0.3, -0.25) is 9.59 Å². The van der Waals surface area contributed by atoms with E-state index in [1.165, 1.54) is 17.4 Å². The lowest BCUT2D eigenvalue weighted by Gasteiger charge is -2.39. The minimum Gasteiger partial charge on any atom is -0.469 e. The summed E-state index contributed by atoms with van der Waals surface area (Å²) in [5.41, 5.74) is 2.10. The maximum atomic E-state index is 13.8. The number of pyridine rings is 1. The van der Waals surface area contributed by atoms with Gasteiger partial charge in [0.25, 0.3) is 0 Å². The molecule has 39 heavy (non-hydrogen) atoms. The first-order chi connectivity index (χ1) is 18.9. The molecular weight excluding hydrogens is 555 g/mol. The molecule has 4 aromatic rings. The summed E-state index contributed by atoms with van der Waals surface area (Å²) < 4.78 is 20.1. The third kappa shape index (κ3) is 5.09. The van der Waals surface area contributed by atoms with Gasteiger partial charge >= 0.3 is 0 Å². The van der Waals surface area contributed by atoms with Crippen molar-refractivity contribution in [1.82, 2.24) is 10.3 Å². The van der Waals surface area contributed by atoms with Gasteiger partial charge in [-0.25, -0.2) is 9.37 Å². The van der Waals surface area contributed by atoms with Crippen molar-refractivity contribution in [1.29, 1.82) is 0 Å². The van der Waals surface area contributed by atoms with E-state index < -0.39 is 16.7 Å². The number of Topliss-reactive ketones (excluding diaryl/α,β-unsaturated/α-hetero) is 1. The highest BCUT2D eigenvalue weighted by atomic mass is 35.5. The van der Waals surface area contributed by atoms with Crippen LogP contribution in [0.2, 0.25) is 5.02 Å². The number of nitrogens with zero attached hydrogens (tertiary/aromatic N) is 1. The van der Waals surface area contributed by atoms with Gasteiger partial charge in [-0.15, -0.1) is 11.8 Å². The lowest BCUT2D eigenvalue weighted by atomic mass is 9.79. The number of hydrogen-bond donors (Lipinski definition) is 1. The van der Waals surface area contributed by atoms with E-state index in [4.69, 9.17) is 21.3 Å². The Hall–Kier alpha value is -3.20. The molecule has 1 amide bonds. The van der Waals surface area contributed by atoms with E-state index in [1.807, 2.05) is 41.1 Å². The van der Waals surface area contributed by atoms with Crippen molar-refractivity contribution in [2.45, 2.75) is 47.5 Å². The number of hydrogen-bond acceptors (Lipinski definition) is 6. The number of fused-ring (bicyclic) bond motifs is 1. The number of thiophene rings is 1. The van der Waals surface area contributed by atoms with Crippen LogP contribution >= 0.6 is 34.7 Å². The Morgan fingerprint density at radius 2 is 1.97 bits per heavy atom. The lowest BCUT2D eigenvalue weighted by Crippen LogP contribution is -2.58. The summed E-state index contributed by atoms with van der Waals surface area (Å²) in [5.74, 6) is -0.459. The lowest BCUT2D eigenvalue weighted by molar-refractivity contribution is -0.133. The molecule has 9 heteroatoms.